The summed E-state index contributed by atoms with van der Waals surface area (Å²) in [5.41, 5.74) is 7.24. The number of nitrogens with two attached hydrogens (primary N) is 1. The van der Waals surface area contributed by atoms with Crippen molar-refractivity contribution < 1.29 is 4.79 Å². The molecule has 6 heteroatoms. The van der Waals surface area contributed by atoms with Crippen molar-refractivity contribution in [3.05, 3.63) is 51.7 Å². The van der Waals surface area contributed by atoms with Crippen molar-refractivity contribution in [1.82, 2.24) is 4.98 Å². The number of nitrogens with zero attached hydrogens (tertiary/aromatic N) is 1. The highest BCUT2D eigenvalue weighted by Gasteiger charge is 2.08. The van der Waals surface area contributed by atoms with E-state index in [-0.39, 0.29) is 5.91 Å². The van der Waals surface area contributed by atoms with Crippen LogP contribution in [0.1, 0.15) is 10.4 Å². The maximum Gasteiger partial charge on any atom is 0.255 e. The number of nitrogen functional groups attached to an aromatic ring is 1. The molecule has 0 bridgehead atoms. The van der Waals surface area contributed by atoms with Crippen LogP contribution in [0.25, 0.3) is 0 Å². The number of hydrogen-bond donors (Lipinski definition) is 2. The zero-order valence-corrected chi connectivity index (χ0v) is 11.5. The van der Waals surface area contributed by atoms with E-state index in [4.69, 9.17) is 17.3 Å². The van der Waals surface area contributed by atoms with Gasteiger partial charge in [0, 0.05) is 27.6 Å². The second kappa shape index (κ2) is 5.37. The van der Waals surface area contributed by atoms with Crippen molar-refractivity contribution in [3.63, 3.8) is 0 Å². The summed E-state index contributed by atoms with van der Waals surface area (Å²) >= 11 is 9.02. The fourth-order valence-electron chi connectivity index (χ4n) is 1.43. The van der Waals surface area contributed by atoms with Crippen LogP contribution in [-0.2, 0) is 0 Å². The topological polar surface area (TPSA) is 68.0 Å². The Morgan fingerprint density at radius 2 is 2.11 bits per heavy atom. The fraction of sp³-hybridized carbons (Fsp3) is 0. The van der Waals surface area contributed by atoms with Crippen molar-refractivity contribution >= 4 is 44.8 Å². The van der Waals surface area contributed by atoms with Gasteiger partial charge in [-0.05, 0) is 30.3 Å². The van der Waals surface area contributed by atoms with E-state index >= 15 is 0 Å². The molecule has 18 heavy (non-hydrogen) atoms. The molecule has 1 amide bonds. The maximum absolute atomic E-state index is 12.0. The first-order chi connectivity index (χ1) is 8.54. The number of rotatable bonds is 2. The molecule has 0 unspecified atom stereocenters. The Labute approximate surface area is 117 Å². The molecule has 0 aliphatic carbocycles. The Balaban J connectivity index is 2.22. The zero-order valence-electron chi connectivity index (χ0n) is 9.15. The Morgan fingerprint density at radius 3 is 2.78 bits per heavy atom. The lowest BCUT2D eigenvalue weighted by molar-refractivity contribution is 0.102. The van der Waals surface area contributed by atoms with E-state index in [2.05, 4.69) is 26.2 Å². The molecular weight excluding hydrogens is 318 g/mol. The summed E-state index contributed by atoms with van der Waals surface area (Å²) in [7, 11) is 0. The third kappa shape index (κ3) is 3.21. The minimum Gasteiger partial charge on any atom is -0.399 e. The molecule has 1 aromatic carbocycles. The Kier molecular flexibility index (Phi) is 3.84. The van der Waals surface area contributed by atoms with Crippen LogP contribution < -0.4 is 11.1 Å². The van der Waals surface area contributed by atoms with Crippen molar-refractivity contribution in [3.8, 4) is 0 Å². The first-order valence-electron chi connectivity index (χ1n) is 5.03. The second-order valence-corrected chi connectivity index (χ2v) is 4.90. The molecule has 1 aromatic heterocycles. The number of amides is 1. The molecule has 0 saturated heterocycles. The summed E-state index contributed by atoms with van der Waals surface area (Å²) in [4.78, 5) is 15.8. The third-order valence-corrected chi connectivity index (χ3v) is 2.83. The van der Waals surface area contributed by atoms with E-state index in [1.54, 1.807) is 30.3 Å². The maximum atomic E-state index is 12.0. The van der Waals surface area contributed by atoms with Crippen LogP contribution in [0.4, 0.5) is 11.4 Å². The van der Waals surface area contributed by atoms with Gasteiger partial charge in [-0.25, -0.2) is 4.98 Å². The lowest BCUT2D eigenvalue weighted by atomic mass is 10.2. The quantitative estimate of drug-likeness (QED) is 0.657. The van der Waals surface area contributed by atoms with Gasteiger partial charge in [0.1, 0.15) is 5.15 Å². The molecule has 92 valence electrons. The van der Waals surface area contributed by atoms with Gasteiger partial charge in [-0.15, -0.1) is 0 Å². The molecule has 2 rings (SSSR count). The van der Waals surface area contributed by atoms with Crippen molar-refractivity contribution in [2.24, 2.45) is 0 Å². The highest BCUT2D eigenvalue weighted by atomic mass is 79.9. The average Bonchev–Trinajstić information content (AvgIpc) is 2.27. The van der Waals surface area contributed by atoms with Crippen LogP contribution in [0, 0.1) is 0 Å². The monoisotopic (exact) mass is 325 g/mol. The predicted octanol–water partition coefficient (Wildman–Crippen LogP) is 3.33. The molecule has 2 aromatic rings. The summed E-state index contributed by atoms with van der Waals surface area (Å²) in [6.07, 6.45) is 1.52. The van der Waals surface area contributed by atoms with Crippen LogP contribution in [-0.4, -0.2) is 10.9 Å². The van der Waals surface area contributed by atoms with E-state index in [1.165, 1.54) is 6.20 Å². The van der Waals surface area contributed by atoms with Gasteiger partial charge in [0.2, 0.25) is 0 Å². The number of hydrogen-bond acceptors (Lipinski definition) is 3. The third-order valence-electron chi connectivity index (χ3n) is 2.17. The lowest BCUT2D eigenvalue weighted by Gasteiger charge is -2.06. The lowest BCUT2D eigenvalue weighted by Crippen LogP contribution is -2.12. The van der Waals surface area contributed by atoms with Crippen molar-refractivity contribution in [2.45, 2.75) is 0 Å². The van der Waals surface area contributed by atoms with Gasteiger partial charge in [0.05, 0.1) is 0 Å². The minimum atomic E-state index is -0.259. The Morgan fingerprint density at radius 1 is 1.33 bits per heavy atom. The smallest absolute Gasteiger partial charge is 0.255 e. The summed E-state index contributed by atoms with van der Waals surface area (Å²) in [6, 6.07) is 8.24. The molecule has 3 N–H and O–H groups in total. The first-order valence-corrected chi connectivity index (χ1v) is 6.20. The molecule has 0 aliphatic heterocycles. The van der Waals surface area contributed by atoms with E-state index in [9.17, 15) is 4.79 Å². The molecule has 0 atom stereocenters. The molecule has 0 aliphatic rings. The number of benzene rings is 1. The number of nitrogens with one attached hydrogen (secondary N) is 1. The van der Waals surface area contributed by atoms with Crippen LogP contribution in [0.3, 0.4) is 0 Å². The SMILES string of the molecule is Nc1cc(Br)cc(C(=O)Nc2ccnc(Cl)c2)c1. The highest BCUT2D eigenvalue weighted by molar-refractivity contribution is 9.10. The number of anilines is 2. The minimum absolute atomic E-state index is 0.259. The molecule has 0 radical (unpaired) electrons. The standard InChI is InChI=1S/C12H9BrClN3O/c13-8-3-7(4-9(15)5-8)12(18)17-10-1-2-16-11(14)6-10/h1-6H,15H2,(H,16,17,18). The van der Waals surface area contributed by atoms with Gasteiger partial charge in [-0.1, -0.05) is 27.5 Å². The van der Waals surface area contributed by atoms with Gasteiger partial charge in [-0.3, -0.25) is 4.79 Å². The zero-order chi connectivity index (χ0) is 13.1. The largest absolute Gasteiger partial charge is 0.399 e. The number of carbonyl (C=O) groups excluding carboxylic acids is 1. The van der Waals surface area contributed by atoms with Gasteiger partial charge in [0.25, 0.3) is 5.91 Å². The number of pyridine rings is 1. The van der Waals surface area contributed by atoms with E-state index in [0.29, 0.717) is 22.1 Å². The van der Waals surface area contributed by atoms with Crippen LogP contribution in [0.15, 0.2) is 41.0 Å². The fourth-order valence-corrected chi connectivity index (χ4v) is 2.11. The molecule has 0 spiro atoms. The first kappa shape index (κ1) is 12.9. The molecule has 0 fully saturated rings. The number of aromatic nitrogens is 1. The number of carbonyl (C=O) groups is 1. The van der Waals surface area contributed by atoms with Gasteiger partial charge in [-0.2, -0.15) is 0 Å². The van der Waals surface area contributed by atoms with Gasteiger partial charge in [0.15, 0.2) is 0 Å². The Bertz CT molecular complexity index is 583. The van der Waals surface area contributed by atoms with E-state index in [0.717, 1.165) is 4.47 Å². The summed E-state index contributed by atoms with van der Waals surface area (Å²) in [5.74, 6) is -0.259. The number of halogens is 2. The average molecular weight is 327 g/mol. The highest BCUT2D eigenvalue weighted by Crippen LogP contribution is 2.19. The summed E-state index contributed by atoms with van der Waals surface area (Å²) in [6.45, 7) is 0. The molecule has 1 heterocycles. The molecular formula is C12H9BrClN3O. The van der Waals surface area contributed by atoms with Crippen molar-refractivity contribution in [2.75, 3.05) is 11.1 Å². The van der Waals surface area contributed by atoms with E-state index < -0.39 is 0 Å². The molecule has 0 saturated carbocycles. The van der Waals surface area contributed by atoms with Crippen LogP contribution in [0.5, 0.6) is 0 Å². The summed E-state index contributed by atoms with van der Waals surface area (Å²) < 4.78 is 0.750. The molecule has 4 nitrogen and oxygen atoms in total. The second-order valence-electron chi connectivity index (χ2n) is 3.59. The van der Waals surface area contributed by atoms with Crippen LogP contribution in [0.2, 0.25) is 5.15 Å². The van der Waals surface area contributed by atoms with Crippen LogP contribution >= 0.6 is 27.5 Å². The van der Waals surface area contributed by atoms with Crippen molar-refractivity contribution in [1.29, 1.82) is 0 Å². The summed E-state index contributed by atoms with van der Waals surface area (Å²) in [5, 5.41) is 3.03. The normalized spacial score (nSPS) is 10.1. The predicted molar refractivity (Wildman–Crippen MR) is 75.8 cm³/mol. The Hall–Kier alpha value is -1.59. The van der Waals surface area contributed by atoms with Gasteiger partial charge < -0.3 is 11.1 Å². The van der Waals surface area contributed by atoms with E-state index in [1.807, 2.05) is 0 Å². The van der Waals surface area contributed by atoms with Gasteiger partial charge >= 0.3 is 0 Å².